The summed E-state index contributed by atoms with van der Waals surface area (Å²) >= 11 is 0. The number of ether oxygens (including phenoxy) is 2. The summed E-state index contributed by atoms with van der Waals surface area (Å²) in [5.41, 5.74) is 2.42. The number of rotatable bonds is 7. The molecular formula is C21H24N4O2. The summed E-state index contributed by atoms with van der Waals surface area (Å²) in [6, 6.07) is 12.4. The van der Waals surface area contributed by atoms with Crippen LogP contribution in [0.3, 0.4) is 0 Å². The van der Waals surface area contributed by atoms with E-state index in [2.05, 4.69) is 33.1 Å². The van der Waals surface area contributed by atoms with E-state index in [0.29, 0.717) is 6.61 Å². The van der Waals surface area contributed by atoms with Crippen molar-refractivity contribution in [1.29, 1.82) is 0 Å². The average molecular weight is 364 g/mol. The molecule has 0 bridgehead atoms. The van der Waals surface area contributed by atoms with E-state index in [1.54, 1.807) is 18.7 Å². The molecule has 27 heavy (non-hydrogen) atoms. The zero-order valence-electron chi connectivity index (χ0n) is 15.3. The van der Waals surface area contributed by atoms with Crippen LogP contribution in [0.25, 0.3) is 0 Å². The van der Waals surface area contributed by atoms with Gasteiger partial charge in [-0.05, 0) is 23.8 Å². The summed E-state index contributed by atoms with van der Waals surface area (Å²) in [5, 5.41) is 0. The van der Waals surface area contributed by atoms with Gasteiger partial charge in [0.05, 0.1) is 25.6 Å². The van der Waals surface area contributed by atoms with Crippen LogP contribution in [-0.4, -0.2) is 45.7 Å². The van der Waals surface area contributed by atoms with Crippen LogP contribution in [0.4, 0.5) is 0 Å². The fourth-order valence-corrected chi connectivity index (χ4v) is 3.25. The Labute approximate surface area is 159 Å². The van der Waals surface area contributed by atoms with Crippen molar-refractivity contribution in [2.75, 3.05) is 26.3 Å². The molecule has 0 amide bonds. The highest BCUT2D eigenvalue weighted by Gasteiger charge is 2.22. The van der Waals surface area contributed by atoms with Gasteiger partial charge >= 0.3 is 0 Å². The maximum absolute atomic E-state index is 5.92. The molecule has 0 spiro atoms. The first-order chi connectivity index (χ1) is 13.4. The summed E-state index contributed by atoms with van der Waals surface area (Å²) < 4.78 is 13.7. The van der Waals surface area contributed by atoms with E-state index in [1.165, 1.54) is 5.56 Å². The number of hydrogen-bond acceptors (Lipinski definition) is 5. The molecule has 1 aromatic carbocycles. The van der Waals surface area contributed by atoms with Gasteiger partial charge in [-0.15, -0.1) is 0 Å². The molecule has 2 aromatic heterocycles. The molecule has 1 aliphatic rings. The van der Waals surface area contributed by atoms with Gasteiger partial charge in [0.2, 0.25) is 0 Å². The lowest BCUT2D eigenvalue weighted by Crippen LogP contribution is -2.37. The lowest BCUT2D eigenvalue weighted by molar-refractivity contribution is -0.0330. The minimum Gasteiger partial charge on any atom is -0.492 e. The van der Waals surface area contributed by atoms with E-state index in [-0.39, 0.29) is 6.10 Å². The van der Waals surface area contributed by atoms with Crippen molar-refractivity contribution in [3.63, 3.8) is 0 Å². The molecule has 0 saturated carbocycles. The third-order valence-corrected chi connectivity index (χ3v) is 4.71. The molecule has 0 N–H and O–H groups in total. The van der Waals surface area contributed by atoms with Crippen LogP contribution in [-0.2, 0) is 17.8 Å². The molecule has 4 rings (SSSR count). The molecule has 140 valence electrons. The number of aromatic nitrogens is 3. The van der Waals surface area contributed by atoms with E-state index in [0.717, 1.165) is 44.1 Å². The Morgan fingerprint density at radius 2 is 2.04 bits per heavy atom. The summed E-state index contributed by atoms with van der Waals surface area (Å²) in [6.07, 6.45) is 9.30. The Hall–Kier alpha value is -2.70. The van der Waals surface area contributed by atoms with Gasteiger partial charge in [0, 0.05) is 50.0 Å². The third-order valence-electron chi connectivity index (χ3n) is 4.71. The fourth-order valence-electron chi connectivity index (χ4n) is 3.25. The molecule has 1 aliphatic heterocycles. The number of nitrogens with zero attached hydrogens (tertiary/aromatic N) is 4. The quantitative estimate of drug-likeness (QED) is 0.645. The van der Waals surface area contributed by atoms with E-state index in [9.17, 15) is 0 Å². The molecule has 1 unspecified atom stereocenters. The van der Waals surface area contributed by atoms with Gasteiger partial charge in [-0.2, -0.15) is 0 Å². The zero-order valence-corrected chi connectivity index (χ0v) is 15.3. The zero-order chi connectivity index (χ0) is 18.3. The third kappa shape index (κ3) is 4.93. The average Bonchev–Trinajstić information content (AvgIpc) is 3.24. The van der Waals surface area contributed by atoms with Gasteiger partial charge < -0.3 is 14.0 Å². The lowest BCUT2D eigenvalue weighted by atomic mass is 10.1. The SMILES string of the molecule is c1cncc(C2CN(Cc3ccc(OCCn4ccnc4)cc3)CCO2)c1. The molecule has 1 saturated heterocycles. The summed E-state index contributed by atoms with van der Waals surface area (Å²) in [5.74, 6) is 0.897. The lowest BCUT2D eigenvalue weighted by Gasteiger charge is -2.33. The van der Waals surface area contributed by atoms with E-state index >= 15 is 0 Å². The number of hydrogen-bond donors (Lipinski definition) is 0. The first-order valence-electron chi connectivity index (χ1n) is 9.28. The smallest absolute Gasteiger partial charge is 0.119 e. The molecule has 6 nitrogen and oxygen atoms in total. The Balaban J connectivity index is 1.27. The van der Waals surface area contributed by atoms with Crippen molar-refractivity contribution in [1.82, 2.24) is 19.4 Å². The van der Waals surface area contributed by atoms with Crippen LogP contribution >= 0.6 is 0 Å². The van der Waals surface area contributed by atoms with Crippen LogP contribution in [0.1, 0.15) is 17.2 Å². The van der Waals surface area contributed by atoms with E-state index in [1.807, 2.05) is 35.2 Å². The number of morpholine rings is 1. The monoisotopic (exact) mass is 364 g/mol. The topological polar surface area (TPSA) is 52.4 Å². The second kappa shape index (κ2) is 8.79. The summed E-state index contributed by atoms with van der Waals surface area (Å²) in [4.78, 5) is 10.7. The van der Waals surface area contributed by atoms with Crippen LogP contribution in [0.15, 0.2) is 67.5 Å². The van der Waals surface area contributed by atoms with Crippen LogP contribution < -0.4 is 4.74 Å². The highest BCUT2D eigenvalue weighted by molar-refractivity contribution is 5.27. The largest absolute Gasteiger partial charge is 0.492 e. The predicted molar refractivity (Wildman–Crippen MR) is 102 cm³/mol. The molecular weight excluding hydrogens is 340 g/mol. The molecule has 3 aromatic rings. The van der Waals surface area contributed by atoms with E-state index in [4.69, 9.17) is 9.47 Å². The maximum Gasteiger partial charge on any atom is 0.119 e. The van der Waals surface area contributed by atoms with Crippen molar-refractivity contribution < 1.29 is 9.47 Å². The van der Waals surface area contributed by atoms with Crippen LogP contribution in [0.5, 0.6) is 5.75 Å². The second-order valence-electron chi connectivity index (χ2n) is 6.67. The second-order valence-corrected chi connectivity index (χ2v) is 6.67. The normalized spacial score (nSPS) is 17.7. The van der Waals surface area contributed by atoms with Gasteiger partial charge in [-0.1, -0.05) is 18.2 Å². The van der Waals surface area contributed by atoms with Crippen molar-refractivity contribution in [3.8, 4) is 5.75 Å². The standard InChI is InChI=1S/C21H24N4O2/c1-2-19(14-22-7-1)21-16-25(11-13-27-21)15-18-3-5-20(6-4-18)26-12-10-24-9-8-23-17-24/h1-9,14,17,21H,10-13,15-16H2. The number of imidazole rings is 1. The first-order valence-corrected chi connectivity index (χ1v) is 9.28. The highest BCUT2D eigenvalue weighted by atomic mass is 16.5. The fraction of sp³-hybridized carbons (Fsp3) is 0.333. The molecule has 0 radical (unpaired) electrons. The summed E-state index contributed by atoms with van der Waals surface area (Å²) in [7, 11) is 0. The summed E-state index contributed by atoms with van der Waals surface area (Å²) in [6.45, 7) is 4.91. The minimum atomic E-state index is 0.0956. The van der Waals surface area contributed by atoms with Crippen molar-refractivity contribution in [2.24, 2.45) is 0 Å². The molecule has 0 aliphatic carbocycles. The molecule has 6 heteroatoms. The number of benzene rings is 1. The Morgan fingerprint density at radius 1 is 1.11 bits per heavy atom. The van der Waals surface area contributed by atoms with Gasteiger partial charge in [0.25, 0.3) is 0 Å². The van der Waals surface area contributed by atoms with E-state index < -0.39 is 0 Å². The van der Waals surface area contributed by atoms with Gasteiger partial charge in [-0.3, -0.25) is 9.88 Å². The molecule has 1 atom stereocenters. The molecule has 1 fully saturated rings. The van der Waals surface area contributed by atoms with Crippen molar-refractivity contribution in [2.45, 2.75) is 19.2 Å². The predicted octanol–water partition coefficient (Wildman–Crippen LogP) is 2.93. The number of pyridine rings is 1. The van der Waals surface area contributed by atoms with Crippen LogP contribution in [0, 0.1) is 0 Å². The Bertz CT molecular complexity index is 806. The molecule has 3 heterocycles. The maximum atomic E-state index is 5.92. The van der Waals surface area contributed by atoms with Crippen LogP contribution in [0.2, 0.25) is 0 Å². The minimum absolute atomic E-state index is 0.0956. The van der Waals surface area contributed by atoms with Gasteiger partial charge in [0.15, 0.2) is 0 Å². The van der Waals surface area contributed by atoms with Crippen molar-refractivity contribution in [3.05, 3.63) is 78.6 Å². The Morgan fingerprint density at radius 3 is 2.81 bits per heavy atom. The van der Waals surface area contributed by atoms with Crippen molar-refractivity contribution >= 4 is 0 Å². The van der Waals surface area contributed by atoms with Gasteiger partial charge in [0.1, 0.15) is 12.4 Å². The van der Waals surface area contributed by atoms with Gasteiger partial charge in [-0.25, -0.2) is 4.98 Å². The highest BCUT2D eigenvalue weighted by Crippen LogP contribution is 2.23. The Kier molecular flexibility index (Phi) is 5.76. The first kappa shape index (κ1) is 17.7.